The second kappa shape index (κ2) is 7.73. The van der Waals surface area contributed by atoms with Gasteiger partial charge in [-0.25, -0.2) is 0 Å². The van der Waals surface area contributed by atoms with Crippen LogP contribution >= 0.6 is 11.6 Å². The summed E-state index contributed by atoms with van der Waals surface area (Å²) in [5.41, 5.74) is 1.91. The average molecular weight is 285 g/mol. The lowest BCUT2D eigenvalue weighted by Gasteiger charge is -2.25. The molecule has 0 saturated heterocycles. The molecule has 1 aromatic rings. The fourth-order valence-corrected chi connectivity index (χ4v) is 2.37. The zero-order chi connectivity index (χ0) is 14.4. The first-order valence-corrected chi connectivity index (χ1v) is 7.20. The molecule has 0 aliphatic rings. The molecule has 19 heavy (non-hydrogen) atoms. The molecule has 1 rings (SSSR count). The van der Waals surface area contributed by atoms with Gasteiger partial charge in [0, 0.05) is 13.1 Å². The molecule has 0 amide bonds. The van der Waals surface area contributed by atoms with E-state index in [1.807, 2.05) is 18.2 Å². The van der Waals surface area contributed by atoms with Crippen LogP contribution in [0.15, 0.2) is 18.2 Å². The molecule has 3 nitrogen and oxygen atoms in total. The van der Waals surface area contributed by atoms with E-state index < -0.39 is 6.10 Å². The topological polar surface area (TPSA) is 26.7 Å². The van der Waals surface area contributed by atoms with E-state index in [9.17, 15) is 5.11 Å². The van der Waals surface area contributed by atoms with Gasteiger partial charge in [0.1, 0.15) is 0 Å². The highest BCUT2D eigenvalue weighted by atomic mass is 35.5. The minimum atomic E-state index is -0.477. The SMILES string of the molecule is CCN(CCCN(C)C)c1ccc([C@@H](C)O)cc1Cl. The van der Waals surface area contributed by atoms with Gasteiger partial charge >= 0.3 is 0 Å². The highest BCUT2D eigenvalue weighted by Crippen LogP contribution is 2.29. The zero-order valence-electron chi connectivity index (χ0n) is 12.4. The summed E-state index contributed by atoms with van der Waals surface area (Å²) < 4.78 is 0. The van der Waals surface area contributed by atoms with Gasteiger partial charge in [-0.15, -0.1) is 0 Å². The molecule has 0 radical (unpaired) electrons. The molecule has 0 saturated carbocycles. The molecule has 1 aromatic carbocycles. The summed E-state index contributed by atoms with van der Waals surface area (Å²) in [4.78, 5) is 4.46. The van der Waals surface area contributed by atoms with Crippen molar-refractivity contribution in [2.45, 2.75) is 26.4 Å². The molecule has 108 valence electrons. The zero-order valence-corrected chi connectivity index (χ0v) is 13.1. The molecule has 0 fully saturated rings. The van der Waals surface area contributed by atoms with Gasteiger partial charge in [0.2, 0.25) is 0 Å². The van der Waals surface area contributed by atoms with Gasteiger partial charge in [-0.1, -0.05) is 17.7 Å². The third-order valence-electron chi connectivity index (χ3n) is 3.21. The van der Waals surface area contributed by atoms with E-state index in [1.165, 1.54) is 0 Å². The number of nitrogens with zero attached hydrogens (tertiary/aromatic N) is 2. The van der Waals surface area contributed by atoms with Crippen LogP contribution in [0.4, 0.5) is 5.69 Å². The van der Waals surface area contributed by atoms with Gasteiger partial charge in [0.05, 0.1) is 16.8 Å². The summed E-state index contributed by atoms with van der Waals surface area (Å²) in [5, 5.41) is 10.3. The van der Waals surface area contributed by atoms with Crippen LogP contribution in [-0.4, -0.2) is 43.7 Å². The molecule has 0 unspecified atom stereocenters. The third kappa shape index (κ3) is 5.01. The maximum absolute atomic E-state index is 9.56. The molecule has 1 N–H and O–H groups in total. The number of aliphatic hydroxyl groups is 1. The lowest BCUT2D eigenvalue weighted by Crippen LogP contribution is -2.27. The maximum Gasteiger partial charge on any atom is 0.0762 e. The summed E-state index contributed by atoms with van der Waals surface area (Å²) in [6.45, 7) is 6.87. The summed E-state index contributed by atoms with van der Waals surface area (Å²) in [6.07, 6.45) is 0.630. The van der Waals surface area contributed by atoms with Crippen LogP contribution in [0.5, 0.6) is 0 Å². The van der Waals surface area contributed by atoms with Crippen molar-refractivity contribution in [1.29, 1.82) is 0 Å². The first-order chi connectivity index (χ1) is 8.95. The molecular formula is C15H25ClN2O. The number of hydrogen-bond donors (Lipinski definition) is 1. The van der Waals surface area contributed by atoms with Crippen molar-refractivity contribution in [3.63, 3.8) is 0 Å². The summed E-state index contributed by atoms with van der Waals surface area (Å²) >= 11 is 6.33. The number of benzene rings is 1. The van der Waals surface area contributed by atoms with Crippen molar-refractivity contribution in [3.05, 3.63) is 28.8 Å². The van der Waals surface area contributed by atoms with E-state index >= 15 is 0 Å². The normalized spacial score (nSPS) is 12.8. The van der Waals surface area contributed by atoms with E-state index in [4.69, 9.17) is 11.6 Å². The second-order valence-electron chi connectivity index (χ2n) is 5.12. The molecule has 0 bridgehead atoms. The van der Waals surface area contributed by atoms with Crippen LogP contribution in [0, 0.1) is 0 Å². The van der Waals surface area contributed by atoms with Gasteiger partial charge in [0.25, 0.3) is 0 Å². The lowest BCUT2D eigenvalue weighted by atomic mass is 10.1. The van der Waals surface area contributed by atoms with Crippen LogP contribution in [0.3, 0.4) is 0 Å². The van der Waals surface area contributed by atoms with Crippen LogP contribution < -0.4 is 4.90 Å². The van der Waals surface area contributed by atoms with E-state index in [0.717, 1.165) is 37.3 Å². The largest absolute Gasteiger partial charge is 0.389 e. The van der Waals surface area contributed by atoms with Crippen LogP contribution in [0.2, 0.25) is 5.02 Å². The van der Waals surface area contributed by atoms with Crippen LogP contribution in [0.25, 0.3) is 0 Å². The van der Waals surface area contributed by atoms with Crippen LogP contribution in [0.1, 0.15) is 31.9 Å². The van der Waals surface area contributed by atoms with Crippen molar-refractivity contribution in [3.8, 4) is 0 Å². The lowest BCUT2D eigenvalue weighted by molar-refractivity contribution is 0.199. The van der Waals surface area contributed by atoms with E-state index in [-0.39, 0.29) is 0 Å². The first kappa shape index (κ1) is 16.3. The Kier molecular flexibility index (Phi) is 6.63. The highest BCUT2D eigenvalue weighted by Gasteiger charge is 2.11. The summed E-state index contributed by atoms with van der Waals surface area (Å²) in [5.74, 6) is 0. The van der Waals surface area contributed by atoms with E-state index in [1.54, 1.807) is 6.92 Å². The van der Waals surface area contributed by atoms with Crippen molar-refractivity contribution in [1.82, 2.24) is 4.90 Å². The fourth-order valence-electron chi connectivity index (χ4n) is 2.07. The molecular weight excluding hydrogens is 260 g/mol. The second-order valence-corrected chi connectivity index (χ2v) is 5.53. The van der Waals surface area contributed by atoms with Gasteiger partial charge in [-0.05, 0) is 58.6 Å². The van der Waals surface area contributed by atoms with Crippen molar-refractivity contribution in [2.24, 2.45) is 0 Å². The van der Waals surface area contributed by atoms with Gasteiger partial charge in [-0.3, -0.25) is 0 Å². The molecule has 0 aliphatic carbocycles. The Labute approximate surface area is 121 Å². The van der Waals surface area contributed by atoms with Gasteiger partial charge in [0.15, 0.2) is 0 Å². The van der Waals surface area contributed by atoms with Crippen molar-refractivity contribution < 1.29 is 5.11 Å². The Morgan fingerprint density at radius 1 is 1.26 bits per heavy atom. The average Bonchev–Trinajstić information content (AvgIpc) is 2.34. The third-order valence-corrected chi connectivity index (χ3v) is 3.51. The molecule has 4 heteroatoms. The molecule has 0 heterocycles. The van der Waals surface area contributed by atoms with Crippen LogP contribution in [-0.2, 0) is 0 Å². The van der Waals surface area contributed by atoms with Crippen molar-refractivity contribution >= 4 is 17.3 Å². The van der Waals surface area contributed by atoms with E-state index in [2.05, 4.69) is 30.8 Å². The Morgan fingerprint density at radius 2 is 1.95 bits per heavy atom. The maximum atomic E-state index is 9.56. The molecule has 0 spiro atoms. The predicted molar refractivity (Wildman–Crippen MR) is 83.1 cm³/mol. The molecule has 0 aromatic heterocycles. The Morgan fingerprint density at radius 3 is 2.42 bits per heavy atom. The number of rotatable bonds is 7. The first-order valence-electron chi connectivity index (χ1n) is 6.83. The van der Waals surface area contributed by atoms with Gasteiger partial charge in [-0.2, -0.15) is 0 Å². The smallest absolute Gasteiger partial charge is 0.0762 e. The number of aliphatic hydroxyl groups excluding tert-OH is 1. The van der Waals surface area contributed by atoms with E-state index in [0.29, 0.717) is 5.02 Å². The number of halogens is 1. The number of anilines is 1. The minimum Gasteiger partial charge on any atom is -0.389 e. The standard InChI is InChI=1S/C15H25ClN2O/c1-5-18(10-6-9-17(3)4)15-8-7-13(12(2)19)11-14(15)16/h7-8,11-12,19H,5-6,9-10H2,1-4H3/t12-/m1/s1. The highest BCUT2D eigenvalue weighted by molar-refractivity contribution is 6.33. The minimum absolute atomic E-state index is 0.477. The predicted octanol–water partition coefficient (Wildman–Crippen LogP) is 3.17. The molecule has 0 aliphatic heterocycles. The Bertz CT molecular complexity index is 394. The fraction of sp³-hybridized carbons (Fsp3) is 0.600. The molecule has 1 atom stereocenters. The summed E-state index contributed by atoms with van der Waals surface area (Å²) in [7, 11) is 4.17. The van der Waals surface area contributed by atoms with Crippen molar-refractivity contribution in [2.75, 3.05) is 38.6 Å². The monoisotopic (exact) mass is 284 g/mol. The Hall–Kier alpha value is -0.770. The van der Waals surface area contributed by atoms with Gasteiger partial charge < -0.3 is 14.9 Å². The summed E-state index contributed by atoms with van der Waals surface area (Å²) in [6, 6.07) is 5.81. The Balaban J connectivity index is 2.75. The number of hydrogen-bond acceptors (Lipinski definition) is 3. The quantitative estimate of drug-likeness (QED) is 0.833.